The van der Waals surface area contributed by atoms with E-state index in [1.165, 1.54) is 210 Å². The monoisotopic (exact) mass is 1140 g/mol. The Hall–Kier alpha value is -10.3. The summed E-state index contributed by atoms with van der Waals surface area (Å²) in [6, 6.07) is 82.5. The van der Waals surface area contributed by atoms with Gasteiger partial charge in [-0.25, -0.2) is 0 Å². The second kappa shape index (κ2) is 17.9. The van der Waals surface area contributed by atoms with Crippen LogP contribution >= 0.6 is 0 Å². The van der Waals surface area contributed by atoms with Crippen LogP contribution in [-0.4, -0.2) is 27.2 Å². The van der Waals surface area contributed by atoms with Gasteiger partial charge in [0.25, 0.3) is 0 Å². The van der Waals surface area contributed by atoms with Gasteiger partial charge in [0.2, 0.25) is 0 Å². The maximum atomic E-state index is 2.83. The molecule has 0 amide bonds. The molecule has 4 aliphatic rings. The minimum atomic E-state index is -0.139. The molecule has 0 unspecified atom stereocenters. The number of hydrogen-bond acceptors (Lipinski definition) is 1. The lowest BCUT2D eigenvalue weighted by atomic mass is 9.44. The highest BCUT2D eigenvalue weighted by molar-refractivity contribution is 6.92. The van der Waals surface area contributed by atoms with E-state index in [0.717, 1.165) is 5.69 Å². The SMILES string of the molecule is Cc1cccc(C)c1-c1cccc(N2c3cc(-c4c(C)cccc4C)ccc3B3c4c(ccc(C)c42)-c2cccc4c2n3c2c3cccc5c3n(c42)B2c3ccc(-c4c(C)cccc4C)cc3-n3c4cc(-c6c(C)cccc6C)ccc4c4ccc-5c2c43)c1. The minimum absolute atomic E-state index is 0.123. The highest BCUT2D eigenvalue weighted by Gasteiger charge is 2.47. The predicted molar refractivity (Wildman–Crippen MR) is 380 cm³/mol. The van der Waals surface area contributed by atoms with Gasteiger partial charge in [-0.2, -0.15) is 0 Å². The number of rotatable bonds is 5. The lowest BCUT2D eigenvalue weighted by Crippen LogP contribution is -2.57. The number of anilines is 3. The molecule has 420 valence electrons. The topological polar surface area (TPSA) is 18.0 Å². The molecule has 3 aromatic heterocycles. The molecule has 0 radical (unpaired) electrons. The van der Waals surface area contributed by atoms with Crippen molar-refractivity contribution in [3.63, 3.8) is 0 Å². The Morgan fingerprint density at radius 2 is 0.708 bits per heavy atom. The van der Waals surface area contributed by atoms with Crippen molar-refractivity contribution in [1.82, 2.24) is 13.5 Å². The van der Waals surface area contributed by atoms with Crippen molar-refractivity contribution in [2.75, 3.05) is 4.90 Å². The molecule has 7 heterocycles. The first kappa shape index (κ1) is 50.8. The van der Waals surface area contributed by atoms with Crippen LogP contribution in [0.3, 0.4) is 0 Å². The summed E-state index contributed by atoms with van der Waals surface area (Å²) in [6.45, 7) is 20.2. The summed E-state index contributed by atoms with van der Waals surface area (Å²) in [4.78, 5) is 2.63. The number of aromatic nitrogens is 3. The molecule has 0 saturated carbocycles. The second-order valence-corrected chi connectivity index (χ2v) is 26.3. The average Bonchev–Trinajstić information content (AvgIpc) is 1.53. The van der Waals surface area contributed by atoms with Crippen LogP contribution in [0.1, 0.15) is 50.1 Å². The van der Waals surface area contributed by atoms with Crippen LogP contribution in [0.2, 0.25) is 0 Å². The Morgan fingerprint density at radius 3 is 1.26 bits per heavy atom. The van der Waals surface area contributed by atoms with Crippen molar-refractivity contribution in [1.29, 1.82) is 0 Å². The van der Waals surface area contributed by atoms with Gasteiger partial charge in [-0.1, -0.05) is 182 Å². The van der Waals surface area contributed by atoms with E-state index in [2.05, 4.69) is 293 Å². The number of para-hydroxylation sites is 2. The van der Waals surface area contributed by atoms with Crippen LogP contribution in [0.25, 0.3) is 127 Å². The highest BCUT2D eigenvalue weighted by atomic mass is 15.2. The maximum absolute atomic E-state index is 2.83. The number of fused-ring (bicyclic) bond motifs is 17. The zero-order chi connectivity index (χ0) is 59.7. The molecule has 89 heavy (non-hydrogen) atoms. The van der Waals surface area contributed by atoms with Crippen molar-refractivity contribution in [3.8, 4) is 72.4 Å². The molecule has 0 atom stereocenters. The van der Waals surface area contributed by atoms with E-state index in [0.29, 0.717) is 0 Å². The quantitative estimate of drug-likeness (QED) is 0.157. The van der Waals surface area contributed by atoms with Crippen molar-refractivity contribution >= 4 is 107 Å². The van der Waals surface area contributed by atoms with Gasteiger partial charge in [0.1, 0.15) is 0 Å². The maximum Gasteiger partial charge on any atom is 0.333 e. The minimum Gasteiger partial charge on any atom is -0.374 e. The molecule has 4 nitrogen and oxygen atoms in total. The van der Waals surface area contributed by atoms with Crippen LogP contribution in [0.15, 0.2) is 212 Å². The summed E-state index contributed by atoms with van der Waals surface area (Å²) in [7, 11) is 0. The van der Waals surface area contributed by atoms with E-state index >= 15 is 0 Å². The summed E-state index contributed by atoms with van der Waals surface area (Å²) >= 11 is 0. The lowest BCUT2D eigenvalue weighted by Gasteiger charge is -2.41. The first-order chi connectivity index (χ1) is 43.4. The largest absolute Gasteiger partial charge is 0.374 e. The molecule has 0 aliphatic carbocycles. The van der Waals surface area contributed by atoms with Gasteiger partial charge in [-0.05, 0) is 220 Å². The second-order valence-electron chi connectivity index (χ2n) is 26.3. The van der Waals surface area contributed by atoms with Crippen LogP contribution in [-0.2, 0) is 0 Å². The summed E-state index contributed by atoms with van der Waals surface area (Å²) in [5, 5.41) is 5.16. The molecule has 0 N–H and O–H groups in total. The van der Waals surface area contributed by atoms with Gasteiger partial charge < -0.3 is 18.4 Å². The number of nitrogens with zero attached hydrogens (tertiary/aromatic N) is 4. The molecule has 0 saturated heterocycles. The Labute approximate surface area is 519 Å². The fourth-order valence-corrected chi connectivity index (χ4v) is 17.8. The molecule has 12 aromatic carbocycles. The number of benzene rings is 12. The standard InChI is InChI=1S/C83H62B2N4/c1-45-17-10-18-46(2)72(45)54-25-14-26-58(41-54)86-70-43-56(74-49(5)21-12-22-50(74)6)33-39-67(70)84-76-60(35-31-53(9)78(76)86)62-27-15-29-65-79(62)88(84)82-66-30-16-28-63-61-37-38-64-59-36-32-55(73-47(3)19-11-20-48(73)4)42-69(59)87-71-44-57(75-51(7)23-13-24-52(75)8)34-40-68(71)85(77(61)81(64)87)89(80(63)66)83(65)82/h10-44H,1-9H3. The summed E-state index contributed by atoms with van der Waals surface area (Å²) in [6.07, 6.45) is 0. The Bertz CT molecular complexity index is 5680. The molecule has 0 bridgehead atoms. The predicted octanol–water partition coefficient (Wildman–Crippen LogP) is 18.7. The molecule has 0 spiro atoms. The number of aryl methyl sites for hydroxylation is 9. The van der Waals surface area contributed by atoms with E-state index in [9.17, 15) is 0 Å². The Morgan fingerprint density at radius 1 is 0.281 bits per heavy atom. The third-order valence-electron chi connectivity index (χ3n) is 21.3. The first-order valence-electron chi connectivity index (χ1n) is 31.7. The Balaban J connectivity index is 0.922. The average molecular weight is 1140 g/mol. The van der Waals surface area contributed by atoms with Gasteiger partial charge in [-0.15, -0.1) is 0 Å². The van der Waals surface area contributed by atoms with Crippen molar-refractivity contribution < 1.29 is 0 Å². The molecule has 4 aliphatic heterocycles. The smallest absolute Gasteiger partial charge is 0.333 e. The molecule has 15 aromatic rings. The summed E-state index contributed by atoms with van der Waals surface area (Å²) < 4.78 is 8.31. The van der Waals surface area contributed by atoms with Crippen molar-refractivity contribution in [2.24, 2.45) is 0 Å². The lowest BCUT2D eigenvalue weighted by molar-refractivity contribution is 1.18. The summed E-state index contributed by atoms with van der Waals surface area (Å²) in [5.41, 5.74) is 44.9. The zero-order valence-electron chi connectivity index (χ0n) is 51.7. The molecular formula is C83H62B2N4. The van der Waals surface area contributed by atoms with Gasteiger partial charge in [-0.3, -0.25) is 0 Å². The third kappa shape index (κ3) is 6.55. The molecule has 6 heteroatoms. The van der Waals surface area contributed by atoms with Gasteiger partial charge >= 0.3 is 13.7 Å². The van der Waals surface area contributed by atoms with Crippen molar-refractivity contribution in [2.45, 2.75) is 62.3 Å². The number of hydrogen-bond donors (Lipinski definition) is 0. The zero-order valence-corrected chi connectivity index (χ0v) is 51.7. The molecular weight excluding hydrogens is 1070 g/mol. The normalized spacial score (nSPS) is 13.2. The van der Waals surface area contributed by atoms with E-state index in [4.69, 9.17) is 0 Å². The fraction of sp³-hybridized carbons (Fsp3) is 0.108. The first-order valence-corrected chi connectivity index (χ1v) is 31.7. The fourth-order valence-electron chi connectivity index (χ4n) is 17.8. The van der Waals surface area contributed by atoms with Gasteiger partial charge in [0, 0.05) is 66.5 Å². The van der Waals surface area contributed by atoms with Crippen molar-refractivity contribution in [3.05, 3.63) is 262 Å². The van der Waals surface area contributed by atoms with E-state index in [1.807, 2.05) is 0 Å². The van der Waals surface area contributed by atoms with Crippen LogP contribution < -0.4 is 26.8 Å². The van der Waals surface area contributed by atoms with Gasteiger partial charge in [0.15, 0.2) is 0 Å². The van der Waals surface area contributed by atoms with Crippen LogP contribution in [0.5, 0.6) is 0 Å². The van der Waals surface area contributed by atoms with Crippen LogP contribution in [0, 0.1) is 62.3 Å². The van der Waals surface area contributed by atoms with Gasteiger partial charge in [0.05, 0.1) is 22.1 Å². The van der Waals surface area contributed by atoms with E-state index < -0.39 is 0 Å². The van der Waals surface area contributed by atoms with E-state index in [-0.39, 0.29) is 13.7 Å². The Kier molecular flexibility index (Phi) is 10.2. The molecule has 19 rings (SSSR count). The molecule has 0 fully saturated rings. The summed E-state index contributed by atoms with van der Waals surface area (Å²) in [5.74, 6) is 0. The third-order valence-corrected chi connectivity index (χ3v) is 21.3. The highest BCUT2D eigenvalue weighted by Crippen LogP contribution is 2.52. The van der Waals surface area contributed by atoms with E-state index in [1.54, 1.807) is 0 Å². The van der Waals surface area contributed by atoms with Crippen LogP contribution in [0.4, 0.5) is 17.1 Å².